The van der Waals surface area contributed by atoms with Crippen molar-refractivity contribution in [2.75, 3.05) is 10.6 Å². The number of azo groups is 1. The Morgan fingerprint density at radius 2 is 1.44 bits per heavy atom. The van der Waals surface area contributed by atoms with Gasteiger partial charge in [-0.3, -0.25) is 9.97 Å². The molecule has 36 heavy (non-hydrogen) atoms. The van der Waals surface area contributed by atoms with Gasteiger partial charge in [-0.1, -0.05) is 24.3 Å². The summed E-state index contributed by atoms with van der Waals surface area (Å²) in [5, 5.41) is 30.2. The van der Waals surface area contributed by atoms with Crippen molar-refractivity contribution in [3.63, 3.8) is 0 Å². The molecule has 178 valence electrons. The lowest BCUT2D eigenvalue weighted by Crippen LogP contribution is -2.24. The molecule has 0 aliphatic rings. The first kappa shape index (κ1) is 22.8. The number of pyridine rings is 2. The highest BCUT2D eigenvalue weighted by molar-refractivity contribution is 5.96. The molecule has 0 saturated heterocycles. The molecule has 0 saturated carbocycles. The molecule has 2 heterocycles. The van der Waals surface area contributed by atoms with Gasteiger partial charge >= 0.3 is 0 Å². The molecule has 0 radical (unpaired) electrons. The maximum Gasteiger partial charge on any atom is 0.143 e. The van der Waals surface area contributed by atoms with Crippen LogP contribution in [0.1, 0.15) is 11.4 Å². The summed E-state index contributed by atoms with van der Waals surface area (Å²) in [4.78, 5) is 11.0. The Hall–Kier alpha value is -4.98. The number of hydrogen-bond acceptors (Lipinski definition) is 8. The zero-order chi connectivity index (χ0) is 24.9. The van der Waals surface area contributed by atoms with E-state index in [-0.39, 0.29) is 17.2 Å². The minimum Gasteiger partial charge on any atom is -0.508 e. The summed E-state index contributed by atoms with van der Waals surface area (Å²) in [6.45, 7) is 1.10. The third-order valence-electron chi connectivity index (χ3n) is 5.73. The number of benzene rings is 3. The highest BCUT2D eigenvalue weighted by Crippen LogP contribution is 2.38. The van der Waals surface area contributed by atoms with Crippen LogP contribution < -0.4 is 10.6 Å². The second-order valence-corrected chi connectivity index (χ2v) is 8.28. The molecule has 8 nitrogen and oxygen atoms in total. The van der Waals surface area contributed by atoms with Crippen LogP contribution in [-0.4, -0.2) is 20.2 Å². The van der Waals surface area contributed by atoms with Crippen LogP contribution in [0.25, 0.3) is 10.8 Å². The summed E-state index contributed by atoms with van der Waals surface area (Å²) in [5.41, 5.74) is 10.4. The monoisotopic (exact) mass is 476 g/mol. The van der Waals surface area contributed by atoms with Gasteiger partial charge in [-0.15, -0.1) is 5.11 Å². The van der Waals surface area contributed by atoms with Gasteiger partial charge in [0.2, 0.25) is 0 Å². The molecular formula is C28H24N6O2. The van der Waals surface area contributed by atoms with Crippen LogP contribution in [0.2, 0.25) is 0 Å². The molecule has 3 aromatic carbocycles. The van der Waals surface area contributed by atoms with E-state index in [4.69, 9.17) is 5.73 Å². The number of rotatable bonds is 7. The quantitative estimate of drug-likeness (QED) is 0.189. The number of nitrogens with zero attached hydrogens (tertiary/aromatic N) is 5. The molecular weight excluding hydrogens is 452 g/mol. The van der Waals surface area contributed by atoms with Gasteiger partial charge in [0.25, 0.3) is 0 Å². The van der Waals surface area contributed by atoms with Crippen molar-refractivity contribution in [3.05, 3.63) is 109 Å². The molecule has 0 atom stereocenters. The Kier molecular flexibility index (Phi) is 6.40. The molecule has 0 spiro atoms. The van der Waals surface area contributed by atoms with Gasteiger partial charge in [-0.2, -0.15) is 5.11 Å². The first-order valence-corrected chi connectivity index (χ1v) is 11.4. The fourth-order valence-electron chi connectivity index (χ4n) is 3.99. The molecule has 0 bridgehead atoms. The molecule has 0 aliphatic carbocycles. The third kappa shape index (κ3) is 5.07. The average Bonchev–Trinajstić information content (AvgIpc) is 2.89. The zero-order valence-electron chi connectivity index (χ0n) is 19.4. The molecule has 5 aromatic rings. The van der Waals surface area contributed by atoms with E-state index in [9.17, 15) is 10.2 Å². The summed E-state index contributed by atoms with van der Waals surface area (Å²) >= 11 is 0. The predicted octanol–water partition coefficient (Wildman–Crippen LogP) is 6.25. The van der Waals surface area contributed by atoms with Gasteiger partial charge in [-0.05, 0) is 66.0 Å². The SMILES string of the molecule is Nc1cc(/N=N/c2c(O)ccc3ccc(O)cc23)ccc1N(Cc1ccccn1)Cc1ccccn1. The van der Waals surface area contributed by atoms with Crippen LogP contribution in [0, 0.1) is 0 Å². The van der Waals surface area contributed by atoms with Gasteiger partial charge in [0.15, 0.2) is 0 Å². The molecule has 0 fully saturated rings. The minimum absolute atomic E-state index is 0.0293. The Morgan fingerprint density at radius 3 is 2.08 bits per heavy atom. The number of phenols is 2. The van der Waals surface area contributed by atoms with Crippen LogP contribution in [0.3, 0.4) is 0 Å². The van der Waals surface area contributed by atoms with Crippen LogP contribution >= 0.6 is 0 Å². The van der Waals surface area contributed by atoms with E-state index in [1.54, 1.807) is 48.8 Å². The Morgan fingerprint density at radius 1 is 0.750 bits per heavy atom. The van der Waals surface area contributed by atoms with Crippen molar-refractivity contribution in [2.45, 2.75) is 13.1 Å². The first-order chi connectivity index (χ1) is 17.6. The lowest BCUT2D eigenvalue weighted by Gasteiger charge is -2.25. The smallest absolute Gasteiger partial charge is 0.143 e. The molecule has 2 aromatic heterocycles. The number of nitrogens with two attached hydrogens (primary N) is 1. The van der Waals surface area contributed by atoms with Gasteiger partial charge in [-0.25, -0.2) is 0 Å². The van der Waals surface area contributed by atoms with Crippen molar-refractivity contribution in [1.82, 2.24) is 9.97 Å². The van der Waals surface area contributed by atoms with E-state index in [0.29, 0.717) is 29.9 Å². The largest absolute Gasteiger partial charge is 0.508 e. The molecule has 0 aliphatic heterocycles. The van der Waals surface area contributed by atoms with Gasteiger partial charge < -0.3 is 20.8 Å². The standard InChI is InChI=1S/C28H24N6O2/c29-25-15-20(32-33-28-24-16-23(35)10-7-19(24)8-12-27(28)36)9-11-26(25)34(17-21-5-1-3-13-30-21)18-22-6-2-4-14-31-22/h1-16,35-36H,17-18,29H2/b33-32+. The van der Waals surface area contributed by atoms with Crippen LogP contribution in [-0.2, 0) is 13.1 Å². The summed E-state index contributed by atoms with van der Waals surface area (Å²) in [7, 11) is 0. The lowest BCUT2D eigenvalue weighted by atomic mass is 10.1. The van der Waals surface area contributed by atoms with E-state index in [1.165, 1.54) is 0 Å². The fraction of sp³-hybridized carbons (Fsp3) is 0.0714. The number of phenolic OH excluding ortho intramolecular Hbond substituents is 2. The Labute approximate surface area is 208 Å². The topological polar surface area (TPSA) is 120 Å². The number of aromatic hydroxyl groups is 2. The van der Waals surface area contributed by atoms with Crippen molar-refractivity contribution >= 4 is 33.5 Å². The van der Waals surface area contributed by atoms with Crippen molar-refractivity contribution in [2.24, 2.45) is 10.2 Å². The lowest BCUT2D eigenvalue weighted by molar-refractivity contribution is 0.475. The number of hydrogen-bond donors (Lipinski definition) is 3. The third-order valence-corrected chi connectivity index (χ3v) is 5.73. The second kappa shape index (κ2) is 10.1. The average molecular weight is 477 g/mol. The normalized spacial score (nSPS) is 11.2. The maximum atomic E-state index is 10.4. The van der Waals surface area contributed by atoms with Gasteiger partial charge in [0, 0.05) is 17.8 Å². The van der Waals surface area contributed by atoms with Gasteiger partial charge in [0.1, 0.15) is 17.2 Å². The first-order valence-electron chi connectivity index (χ1n) is 11.4. The summed E-state index contributed by atoms with van der Waals surface area (Å²) in [6, 6.07) is 25.3. The van der Waals surface area contributed by atoms with Crippen molar-refractivity contribution < 1.29 is 10.2 Å². The van der Waals surface area contributed by atoms with Crippen LogP contribution in [0.15, 0.2) is 108 Å². The molecule has 0 unspecified atom stereocenters. The summed E-state index contributed by atoms with van der Waals surface area (Å²) in [5.74, 6) is 0.0531. The van der Waals surface area contributed by atoms with E-state index in [1.807, 2.05) is 48.5 Å². The maximum absolute atomic E-state index is 10.4. The summed E-state index contributed by atoms with van der Waals surface area (Å²) < 4.78 is 0. The van der Waals surface area contributed by atoms with E-state index in [2.05, 4.69) is 25.1 Å². The second-order valence-electron chi connectivity index (χ2n) is 8.28. The minimum atomic E-state index is -0.0293. The number of nitrogen functional groups attached to an aromatic ring is 1. The molecule has 0 amide bonds. The van der Waals surface area contributed by atoms with Gasteiger partial charge in [0.05, 0.1) is 41.5 Å². The van der Waals surface area contributed by atoms with Crippen molar-refractivity contribution in [3.8, 4) is 11.5 Å². The van der Waals surface area contributed by atoms with E-state index < -0.39 is 0 Å². The fourth-order valence-corrected chi connectivity index (χ4v) is 3.99. The van der Waals surface area contributed by atoms with Crippen molar-refractivity contribution in [1.29, 1.82) is 0 Å². The summed E-state index contributed by atoms with van der Waals surface area (Å²) in [6.07, 6.45) is 3.53. The van der Waals surface area contributed by atoms with E-state index >= 15 is 0 Å². The number of aromatic nitrogens is 2. The molecule has 8 heteroatoms. The van der Waals surface area contributed by atoms with E-state index in [0.717, 1.165) is 22.5 Å². The molecule has 5 rings (SSSR count). The highest BCUT2D eigenvalue weighted by atomic mass is 16.3. The Bertz CT molecular complexity index is 1480. The zero-order valence-corrected chi connectivity index (χ0v) is 19.4. The predicted molar refractivity (Wildman–Crippen MR) is 141 cm³/mol. The Balaban J connectivity index is 1.45. The number of fused-ring (bicyclic) bond motifs is 1. The van der Waals surface area contributed by atoms with Crippen LogP contribution in [0.5, 0.6) is 11.5 Å². The number of anilines is 2. The van der Waals surface area contributed by atoms with Crippen LogP contribution in [0.4, 0.5) is 22.7 Å². The highest BCUT2D eigenvalue weighted by Gasteiger charge is 2.14. The molecule has 4 N–H and O–H groups in total.